The van der Waals surface area contributed by atoms with E-state index in [2.05, 4.69) is 5.92 Å². The average molecular weight is 456 g/mol. The highest BCUT2D eigenvalue weighted by molar-refractivity contribution is 5.83. The van der Waals surface area contributed by atoms with E-state index in [0.717, 1.165) is 27.2 Å². The van der Waals surface area contributed by atoms with Crippen LogP contribution in [0.3, 0.4) is 0 Å². The van der Waals surface area contributed by atoms with Gasteiger partial charge < -0.3 is 20.1 Å². The normalized spacial score (nSPS) is 12.9. The molecule has 0 radical (unpaired) electrons. The molecular weight excluding hydrogens is 434 g/mol. The molecule has 7 nitrogen and oxygen atoms in total. The van der Waals surface area contributed by atoms with Crippen molar-refractivity contribution in [3.05, 3.63) is 59.7 Å². The summed E-state index contributed by atoms with van der Waals surface area (Å²) in [4.78, 5) is 36.1. The van der Waals surface area contributed by atoms with E-state index in [0.29, 0.717) is 0 Å². The molecule has 33 heavy (non-hydrogen) atoms. The van der Waals surface area contributed by atoms with Gasteiger partial charge in [0.2, 0.25) is 5.91 Å². The van der Waals surface area contributed by atoms with Crippen LogP contribution < -0.4 is 5.32 Å². The molecule has 9 heteroatoms. The highest BCUT2D eigenvalue weighted by atomic mass is 19.3. The van der Waals surface area contributed by atoms with Crippen LogP contribution in [0.2, 0.25) is 0 Å². The molecule has 1 unspecified atom stereocenters. The number of nitrogens with zero attached hydrogens (tertiary/aromatic N) is 1. The van der Waals surface area contributed by atoms with Gasteiger partial charge in [-0.15, -0.1) is 6.42 Å². The highest BCUT2D eigenvalue weighted by Gasteiger charge is 2.31. The number of ether oxygens (including phenoxy) is 1. The van der Waals surface area contributed by atoms with Crippen molar-refractivity contribution < 1.29 is 33.0 Å². The van der Waals surface area contributed by atoms with Gasteiger partial charge in [-0.2, -0.15) is 0 Å². The van der Waals surface area contributed by atoms with E-state index in [-0.39, 0.29) is 19.1 Å². The van der Waals surface area contributed by atoms with E-state index in [9.17, 15) is 23.2 Å². The van der Waals surface area contributed by atoms with E-state index in [1.165, 1.54) is 0 Å². The molecular formula is C24H22F2N2O5. The molecule has 0 spiro atoms. The minimum Gasteiger partial charge on any atom is -0.480 e. The molecule has 172 valence electrons. The number of carboxylic acids is 1. The predicted octanol–water partition coefficient (Wildman–Crippen LogP) is 3.10. The first-order valence-electron chi connectivity index (χ1n) is 10.1. The van der Waals surface area contributed by atoms with Crippen molar-refractivity contribution in [2.75, 3.05) is 19.7 Å². The monoisotopic (exact) mass is 456 g/mol. The molecule has 2 aromatic rings. The molecule has 2 N–H and O–H groups in total. The minimum absolute atomic E-state index is 0.0774. The lowest BCUT2D eigenvalue weighted by molar-refractivity contribution is -0.144. The van der Waals surface area contributed by atoms with Crippen LogP contribution in [0.4, 0.5) is 13.6 Å². The Hall–Kier alpha value is -3.93. The number of rotatable bonds is 9. The van der Waals surface area contributed by atoms with Gasteiger partial charge in [-0.3, -0.25) is 9.59 Å². The molecule has 0 aliphatic heterocycles. The summed E-state index contributed by atoms with van der Waals surface area (Å²) in [5, 5.41) is 10.9. The zero-order chi connectivity index (χ0) is 24.0. The van der Waals surface area contributed by atoms with Crippen molar-refractivity contribution in [3.63, 3.8) is 0 Å². The van der Waals surface area contributed by atoms with Crippen LogP contribution in [0.15, 0.2) is 48.5 Å². The van der Waals surface area contributed by atoms with E-state index in [1.54, 1.807) is 0 Å². The number of hydrogen-bond acceptors (Lipinski definition) is 4. The van der Waals surface area contributed by atoms with Crippen LogP contribution in [-0.2, 0) is 14.3 Å². The highest BCUT2D eigenvalue weighted by Crippen LogP contribution is 2.44. The second-order valence-corrected chi connectivity index (χ2v) is 7.46. The van der Waals surface area contributed by atoms with Gasteiger partial charge in [0.1, 0.15) is 19.2 Å². The number of halogens is 2. The van der Waals surface area contributed by atoms with E-state index in [4.69, 9.17) is 16.3 Å². The largest absolute Gasteiger partial charge is 0.480 e. The fraction of sp³-hybridized carbons (Fsp3) is 0.292. The Bertz CT molecular complexity index is 1040. The quantitative estimate of drug-likeness (QED) is 0.566. The summed E-state index contributed by atoms with van der Waals surface area (Å²) in [5.74, 6) is -0.399. The molecule has 1 aliphatic carbocycles. The van der Waals surface area contributed by atoms with Crippen molar-refractivity contribution >= 4 is 18.0 Å². The summed E-state index contributed by atoms with van der Waals surface area (Å²) in [6, 6.07) is 13.5. The number of carboxylic acid groups (broad SMARTS) is 1. The number of amides is 2. The predicted molar refractivity (Wildman–Crippen MR) is 116 cm³/mol. The zero-order valence-corrected chi connectivity index (χ0v) is 17.5. The third kappa shape index (κ3) is 5.66. The Morgan fingerprint density at radius 2 is 1.67 bits per heavy atom. The summed E-state index contributed by atoms with van der Waals surface area (Å²) in [7, 11) is 0. The van der Waals surface area contributed by atoms with Gasteiger partial charge in [-0.25, -0.2) is 13.6 Å². The van der Waals surface area contributed by atoms with Gasteiger partial charge >= 0.3 is 12.1 Å². The first-order valence-corrected chi connectivity index (χ1v) is 10.1. The Kier molecular flexibility index (Phi) is 7.61. The van der Waals surface area contributed by atoms with Crippen molar-refractivity contribution in [1.82, 2.24) is 10.2 Å². The standard InChI is InChI=1S/C24H22F2N2O5/c1-2-11-28(13-22(30)31)21(29)12-20(23(25)26)27-24(32)33-14-19-17-9-5-3-7-15(17)16-8-4-6-10-18(16)19/h1,3-10,19-20,23H,11-14H2,(H,27,32)(H,30,31). The van der Waals surface area contributed by atoms with Crippen LogP contribution in [-0.4, -0.2) is 60.1 Å². The van der Waals surface area contributed by atoms with Crippen LogP contribution in [0.5, 0.6) is 0 Å². The summed E-state index contributed by atoms with van der Waals surface area (Å²) in [5.41, 5.74) is 3.96. The maximum absolute atomic E-state index is 13.5. The summed E-state index contributed by atoms with van der Waals surface area (Å²) < 4.78 is 32.2. The van der Waals surface area contributed by atoms with Crippen LogP contribution in [0.25, 0.3) is 11.1 Å². The van der Waals surface area contributed by atoms with Gasteiger partial charge in [0.25, 0.3) is 6.43 Å². The molecule has 0 bridgehead atoms. The van der Waals surface area contributed by atoms with Gasteiger partial charge in [0.15, 0.2) is 0 Å². The fourth-order valence-electron chi connectivity index (χ4n) is 3.82. The molecule has 2 aromatic carbocycles. The number of hydrogen-bond donors (Lipinski definition) is 2. The Morgan fingerprint density at radius 3 is 2.18 bits per heavy atom. The number of carbonyl (C=O) groups excluding carboxylic acids is 2. The first-order chi connectivity index (χ1) is 15.8. The molecule has 0 saturated carbocycles. The lowest BCUT2D eigenvalue weighted by atomic mass is 9.98. The van der Waals surface area contributed by atoms with Crippen molar-refractivity contribution in [3.8, 4) is 23.5 Å². The number of benzene rings is 2. The Morgan fingerprint density at radius 1 is 1.09 bits per heavy atom. The third-order valence-corrected chi connectivity index (χ3v) is 5.31. The van der Waals surface area contributed by atoms with E-state index in [1.807, 2.05) is 53.8 Å². The minimum atomic E-state index is -3.08. The maximum atomic E-state index is 13.5. The molecule has 0 aromatic heterocycles. The SMILES string of the molecule is C#CCN(CC(=O)O)C(=O)CC(NC(=O)OCC1c2ccccc2-c2ccccc21)C(F)F. The van der Waals surface area contributed by atoms with Gasteiger partial charge in [0, 0.05) is 5.92 Å². The second kappa shape index (κ2) is 10.6. The smallest absolute Gasteiger partial charge is 0.407 e. The summed E-state index contributed by atoms with van der Waals surface area (Å²) in [6.45, 7) is -1.16. The number of nitrogens with one attached hydrogen (secondary N) is 1. The van der Waals surface area contributed by atoms with Gasteiger partial charge in [0.05, 0.1) is 13.0 Å². The van der Waals surface area contributed by atoms with Gasteiger partial charge in [-0.05, 0) is 22.3 Å². The van der Waals surface area contributed by atoms with Crippen molar-refractivity contribution in [1.29, 1.82) is 0 Å². The first kappa shape index (κ1) is 23.7. The Balaban J connectivity index is 1.64. The van der Waals surface area contributed by atoms with Crippen LogP contribution in [0.1, 0.15) is 23.5 Å². The van der Waals surface area contributed by atoms with E-state index >= 15 is 0 Å². The summed E-state index contributed by atoms with van der Waals surface area (Å²) in [6.07, 6.45) is 0.107. The number of alkyl carbamates (subject to hydrolysis) is 1. The lowest BCUT2D eigenvalue weighted by Crippen LogP contribution is -2.46. The number of aliphatic carboxylic acids is 1. The molecule has 0 heterocycles. The number of alkyl halides is 2. The molecule has 0 saturated heterocycles. The molecule has 1 atom stereocenters. The lowest BCUT2D eigenvalue weighted by Gasteiger charge is -2.23. The number of terminal acetylenes is 1. The summed E-state index contributed by atoms with van der Waals surface area (Å²) >= 11 is 0. The molecule has 2 amide bonds. The average Bonchev–Trinajstić information content (AvgIpc) is 3.10. The van der Waals surface area contributed by atoms with Crippen molar-refractivity contribution in [2.45, 2.75) is 24.8 Å². The topological polar surface area (TPSA) is 95.9 Å². The zero-order valence-electron chi connectivity index (χ0n) is 17.5. The van der Waals surface area contributed by atoms with Crippen LogP contribution >= 0.6 is 0 Å². The second-order valence-electron chi connectivity index (χ2n) is 7.46. The maximum Gasteiger partial charge on any atom is 0.407 e. The number of carbonyl (C=O) groups is 3. The molecule has 3 rings (SSSR count). The fourth-order valence-corrected chi connectivity index (χ4v) is 3.82. The van der Waals surface area contributed by atoms with Crippen LogP contribution in [0, 0.1) is 12.3 Å². The molecule has 0 fully saturated rings. The third-order valence-electron chi connectivity index (χ3n) is 5.31. The Labute approximate surface area is 189 Å². The van der Waals surface area contributed by atoms with Crippen molar-refractivity contribution in [2.24, 2.45) is 0 Å². The van der Waals surface area contributed by atoms with E-state index < -0.39 is 43.4 Å². The van der Waals surface area contributed by atoms with Gasteiger partial charge in [-0.1, -0.05) is 54.5 Å². The molecule has 1 aliphatic rings. The number of fused-ring (bicyclic) bond motifs is 3.